The zero-order chi connectivity index (χ0) is 12.0. The molecule has 0 amide bonds. The maximum absolute atomic E-state index is 5.88. The van der Waals surface area contributed by atoms with Crippen LogP contribution in [0.15, 0.2) is 15.9 Å². The van der Waals surface area contributed by atoms with E-state index in [1.807, 2.05) is 11.3 Å². The quantitative estimate of drug-likeness (QED) is 0.655. The minimum absolute atomic E-state index is 0.652. The van der Waals surface area contributed by atoms with Crippen LogP contribution in [-0.4, -0.2) is 23.4 Å². The van der Waals surface area contributed by atoms with Gasteiger partial charge in [0.15, 0.2) is 0 Å². The molecule has 0 spiro atoms. The Morgan fingerprint density at radius 3 is 2.50 bits per heavy atom. The predicted octanol–water partition coefficient (Wildman–Crippen LogP) is 4.74. The summed E-state index contributed by atoms with van der Waals surface area (Å²) in [5.41, 5.74) is 0. The van der Waals surface area contributed by atoms with Crippen LogP contribution in [-0.2, 0) is 6.54 Å². The molecule has 0 N–H and O–H groups in total. The van der Waals surface area contributed by atoms with Crippen LogP contribution in [0.5, 0.6) is 0 Å². The number of hydrogen-bond donors (Lipinski definition) is 0. The van der Waals surface area contributed by atoms with E-state index in [-0.39, 0.29) is 0 Å². The minimum Gasteiger partial charge on any atom is -0.294 e. The lowest BCUT2D eigenvalue weighted by atomic mass is 10.1. The smallest absolute Gasteiger partial charge is 0.0701 e. The first kappa shape index (κ1) is 14.5. The average Bonchev–Trinajstić information content (AvgIpc) is 2.66. The van der Waals surface area contributed by atoms with Crippen molar-refractivity contribution in [2.45, 2.75) is 39.3 Å². The van der Waals surface area contributed by atoms with Crippen LogP contribution >= 0.6 is 38.9 Å². The van der Waals surface area contributed by atoms with Crippen LogP contribution in [0.1, 0.15) is 31.6 Å². The lowest BCUT2D eigenvalue weighted by molar-refractivity contribution is 0.190. The summed E-state index contributed by atoms with van der Waals surface area (Å²) >= 11 is 11.2. The second-order valence-corrected chi connectivity index (χ2v) is 6.76. The molecule has 0 aliphatic carbocycles. The Bertz CT molecular complexity index is 299. The van der Waals surface area contributed by atoms with Gasteiger partial charge in [-0.2, -0.15) is 0 Å². The molecule has 0 bridgehead atoms. The van der Waals surface area contributed by atoms with Crippen molar-refractivity contribution in [1.29, 1.82) is 0 Å². The third-order valence-corrected chi connectivity index (χ3v) is 4.60. The summed E-state index contributed by atoms with van der Waals surface area (Å²) in [6.45, 7) is 6.50. The monoisotopic (exact) mass is 323 g/mol. The van der Waals surface area contributed by atoms with E-state index in [4.69, 9.17) is 11.6 Å². The first-order chi connectivity index (χ1) is 7.71. The van der Waals surface area contributed by atoms with Gasteiger partial charge in [-0.1, -0.05) is 13.8 Å². The molecule has 0 aliphatic heterocycles. The van der Waals surface area contributed by atoms with Gasteiger partial charge in [-0.3, -0.25) is 4.90 Å². The fraction of sp³-hybridized carbons (Fsp3) is 0.667. The van der Waals surface area contributed by atoms with E-state index in [0.29, 0.717) is 11.9 Å². The van der Waals surface area contributed by atoms with Crippen LogP contribution in [0.2, 0.25) is 0 Å². The molecule has 1 rings (SSSR count). The van der Waals surface area contributed by atoms with Gasteiger partial charge in [-0.15, -0.1) is 22.9 Å². The van der Waals surface area contributed by atoms with Gasteiger partial charge in [0.1, 0.15) is 0 Å². The molecule has 0 aliphatic rings. The van der Waals surface area contributed by atoms with E-state index in [1.54, 1.807) is 0 Å². The summed E-state index contributed by atoms with van der Waals surface area (Å²) in [7, 11) is 0. The number of hydrogen-bond acceptors (Lipinski definition) is 2. The van der Waals surface area contributed by atoms with Gasteiger partial charge in [-0.25, -0.2) is 0 Å². The molecule has 1 heterocycles. The molecule has 16 heavy (non-hydrogen) atoms. The Balaban J connectivity index is 2.63. The summed E-state index contributed by atoms with van der Waals surface area (Å²) in [5.74, 6) is 0.711. The van der Waals surface area contributed by atoms with Gasteiger partial charge in [0.2, 0.25) is 0 Å². The number of rotatable bonds is 7. The number of halogens is 2. The Morgan fingerprint density at radius 1 is 1.38 bits per heavy atom. The standard InChI is InChI=1S/C12H19BrClNS/c1-3-10(4-2)15(8-7-14)9-11-5-6-12(13)16-11/h5-6,10H,3-4,7-9H2,1-2H3. The molecule has 1 aromatic heterocycles. The fourth-order valence-corrected chi connectivity index (χ4v) is 3.67. The zero-order valence-corrected chi connectivity index (χ0v) is 13.0. The highest BCUT2D eigenvalue weighted by Gasteiger charge is 2.15. The SMILES string of the molecule is CCC(CC)N(CCCl)Cc1ccc(Br)s1. The molecule has 0 saturated heterocycles. The molecule has 0 saturated carbocycles. The highest BCUT2D eigenvalue weighted by Crippen LogP contribution is 2.24. The first-order valence-electron chi connectivity index (χ1n) is 5.75. The predicted molar refractivity (Wildman–Crippen MR) is 77.5 cm³/mol. The molecule has 4 heteroatoms. The molecular formula is C12H19BrClNS. The topological polar surface area (TPSA) is 3.24 Å². The van der Waals surface area contributed by atoms with Gasteiger partial charge in [0.05, 0.1) is 3.79 Å². The lowest BCUT2D eigenvalue weighted by Gasteiger charge is -2.29. The fourth-order valence-electron chi connectivity index (χ4n) is 1.94. The van der Waals surface area contributed by atoms with Crippen molar-refractivity contribution in [3.8, 4) is 0 Å². The third kappa shape index (κ3) is 4.36. The molecule has 0 fully saturated rings. The second-order valence-electron chi connectivity index (χ2n) is 3.84. The molecule has 0 unspecified atom stereocenters. The number of thiophene rings is 1. The highest BCUT2D eigenvalue weighted by atomic mass is 79.9. The van der Waals surface area contributed by atoms with Crippen molar-refractivity contribution in [2.24, 2.45) is 0 Å². The highest BCUT2D eigenvalue weighted by molar-refractivity contribution is 9.11. The van der Waals surface area contributed by atoms with E-state index in [0.717, 1.165) is 13.1 Å². The maximum Gasteiger partial charge on any atom is 0.0701 e. The lowest BCUT2D eigenvalue weighted by Crippen LogP contribution is -2.35. The Labute approximate surface area is 116 Å². The van der Waals surface area contributed by atoms with Crippen molar-refractivity contribution in [1.82, 2.24) is 4.90 Å². The van der Waals surface area contributed by atoms with Gasteiger partial charge in [0.25, 0.3) is 0 Å². The summed E-state index contributed by atoms with van der Waals surface area (Å²) in [6, 6.07) is 4.96. The molecule has 92 valence electrons. The van der Waals surface area contributed by atoms with Crippen LogP contribution in [0.25, 0.3) is 0 Å². The molecule has 0 radical (unpaired) electrons. The van der Waals surface area contributed by atoms with E-state index >= 15 is 0 Å². The van der Waals surface area contributed by atoms with Gasteiger partial charge >= 0.3 is 0 Å². The average molecular weight is 325 g/mol. The summed E-state index contributed by atoms with van der Waals surface area (Å²) in [6.07, 6.45) is 2.39. The summed E-state index contributed by atoms with van der Waals surface area (Å²) < 4.78 is 1.21. The molecule has 0 atom stereocenters. The molecule has 1 nitrogen and oxygen atoms in total. The third-order valence-electron chi connectivity index (χ3n) is 2.82. The van der Waals surface area contributed by atoms with Gasteiger partial charge in [0, 0.05) is 29.9 Å². The Morgan fingerprint density at radius 2 is 2.06 bits per heavy atom. The summed E-state index contributed by atoms with van der Waals surface area (Å²) in [5, 5.41) is 0. The van der Waals surface area contributed by atoms with Gasteiger partial charge < -0.3 is 0 Å². The molecule has 1 aromatic rings. The van der Waals surface area contributed by atoms with Crippen molar-refractivity contribution in [3.05, 3.63) is 20.8 Å². The normalized spacial score (nSPS) is 11.6. The maximum atomic E-state index is 5.88. The van der Waals surface area contributed by atoms with Crippen molar-refractivity contribution in [3.63, 3.8) is 0 Å². The van der Waals surface area contributed by atoms with E-state index in [9.17, 15) is 0 Å². The zero-order valence-electron chi connectivity index (χ0n) is 9.88. The number of nitrogens with zero attached hydrogens (tertiary/aromatic N) is 1. The van der Waals surface area contributed by atoms with Crippen LogP contribution in [0.4, 0.5) is 0 Å². The number of alkyl halides is 1. The largest absolute Gasteiger partial charge is 0.294 e. The van der Waals surface area contributed by atoms with Crippen molar-refractivity contribution >= 4 is 38.9 Å². The van der Waals surface area contributed by atoms with Crippen LogP contribution < -0.4 is 0 Å². The second kappa shape index (κ2) is 7.70. The Hall–Kier alpha value is 0.430. The first-order valence-corrected chi connectivity index (χ1v) is 7.89. The minimum atomic E-state index is 0.652. The van der Waals surface area contributed by atoms with E-state index in [1.165, 1.54) is 21.5 Å². The van der Waals surface area contributed by atoms with Crippen molar-refractivity contribution in [2.75, 3.05) is 12.4 Å². The van der Waals surface area contributed by atoms with E-state index < -0.39 is 0 Å². The molecular weight excluding hydrogens is 306 g/mol. The summed E-state index contributed by atoms with van der Waals surface area (Å²) in [4.78, 5) is 3.90. The van der Waals surface area contributed by atoms with E-state index in [2.05, 4.69) is 46.8 Å². The van der Waals surface area contributed by atoms with Crippen LogP contribution in [0, 0.1) is 0 Å². The van der Waals surface area contributed by atoms with Gasteiger partial charge in [-0.05, 0) is 40.9 Å². The van der Waals surface area contributed by atoms with Crippen molar-refractivity contribution < 1.29 is 0 Å². The van der Waals surface area contributed by atoms with Crippen LogP contribution in [0.3, 0.4) is 0 Å². The molecule has 0 aromatic carbocycles. The Kier molecular flexibility index (Phi) is 6.97.